The highest BCUT2D eigenvalue weighted by Gasteiger charge is 2.48. The molecule has 0 radical (unpaired) electrons. The molecule has 232 valence electrons. The van der Waals surface area contributed by atoms with Crippen molar-refractivity contribution in [3.8, 4) is 0 Å². The van der Waals surface area contributed by atoms with Crippen molar-refractivity contribution < 1.29 is 37.1 Å². The number of nitrogens with one attached hydrogen (secondary N) is 2. The summed E-state index contributed by atoms with van der Waals surface area (Å²) in [7, 11) is 0. The number of piperidine rings is 2. The van der Waals surface area contributed by atoms with Gasteiger partial charge in [0.15, 0.2) is 6.04 Å². The van der Waals surface area contributed by atoms with Gasteiger partial charge in [-0.15, -0.1) is 5.06 Å². The quantitative estimate of drug-likeness (QED) is 0.467. The fourth-order valence-corrected chi connectivity index (χ4v) is 6.35. The number of alkyl halides is 3. The zero-order chi connectivity index (χ0) is 30.5. The molecule has 3 aliphatic rings. The Morgan fingerprint density at radius 1 is 1.05 bits per heavy atom. The van der Waals surface area contributed by atoms with Crippen molar-refractivity contribution in [2.75, 3.05) is 32.8 Å². The Hall–Kier alpha value is -3.64. The maximum Gasteiger partial charge on any atom is 0.493 e. The van der Waals surface area contributed by atoms with Crippen LogP contribution >= 0.6 is 0 Å². The van der Waals surface area contributed by atoms with Gasteiger partial charge in [-0.1, -0.05) is 54.6 Å². The number of hydrogen-bond donors (Lipinski definition) is 2. The van der Waals surface area contributed by atoms with E-state index in [2.05, 4.69) is 27.6 Å². The average Bonchev–Trinajstić information content (AvgIpc) is 3.36. The lowest BCUT2D eigenvalue weighted by Gasteiger charge is -2.42. The number of carbonyl (C=O) groups excluding carboxylic acids is 3. The van der Waals surface area contributed by atoms with Crippen LogP contribution in [0.5, 0.6) is 0 Å². The van der Waals surface area contributed by atoms with Crippen molar-refractivity contribution in [2.24, 2.45) is 0 Å². The fraction of sp³-hybridized carbons (Fsp3) is 0.516. The molecule has 2 aromatic rings. The van der Waals surface area contributed by atoms with E-state index in [9.17, 15) is 27.6 Å². The largest absolute Gasteiger partial charge is 0.493 e. The first kappa shape index (κ1) is 30.8. The van der Waals surface area contributed by atoms with Crippen LogP contribution in [0, 0.1) is 0 Å². The van der Waals surface area contributed by atoms with Crippen LogP contribution in [-0.4, -0.2) is 78.9 Å². The Morgan fingerprint density at radius 3 is 2.47 bits per heavy atom. The molecular weight excluding hydrogens is 565 g/mol. The third kappa shape index (κ3) is 7.30. The van der Waals surface area contributed by atoms with Gasteiger partial charge >= 0.3 is 18.2 Å². The number of halogens is 3. The van der Waals surface area contributed by atoms with E-state index >= 15 is 0 Å². The van der Waals surface area contributed by atoms with Gasteiger partial charge in [-0.2, -0.15) is 13.2 Å². The highest BCUT2D eigenvalue weighted by Crippen LogP contribution is 2.46. The zero-order valence-electron chi connectivity index (χ0n) is 23.9. The number of likely N-dealkylation sites (tertiary alicyclic amines) is 1. The smallest absolute Gasteiger partial charge is 0.374 e. The number of benzene rings is 2. The summed E-state index contributed by atoms with van der Waals surface area (Å²) in [5.74, 6) is -3.23. The summed E-state index contributed by atoms with van der Waals surface area (Å²) in [4.78, 5) is 45.6. The fourth-order valence-electron chi connectivity index (χ4n) is 6.35. The first-order chi connectivity index (χ1) is 20.7. The van der Waals surface area contributed by atoms with E-state index in [4.69, 9.17) is 4.74 Å². The first-order valence-electron chi connectivity index (χ1n) is 14.7. The molecule has 0 bridgehead atoms. The van der Waals surface area contributed by atoms with E-state index in [-0.39, 0.29) is 17.1 Å². The molecule has 0 unspecified atom stereocenters. The minimum atomic E-state index is -5.38. The van der Waals surface area contributed by atoms with Crippen LogP contribution in [0.3, 0.4) is 0 Å². The molecule has 5 rings (SSSR count). The summed E-state index contributed by atoms with van der Waals surface area (Å²) < 4.78 is 45.8. The molecule has 2 fully saturated rings. The monoisotopic (exact) mass is 602 g/mol. The van der Waals surface area contributed by atoms with Crippen molar-refractivity contribution in [1.29, 1.82) is 0 Å². The van der Waals surface area contributed by atoms with Crippen molar-refractivity contribution in [3.63, 3.8) is 0 Å². The van der Waals surface area contributed by atoms with Gasteiger partial charge in [0.1, 0.15) is 0 Å². The molecule has 1 aliphatic carbocycles. The molecule has 9 nitrogen and oxygen atoms in total. The third-order valence-electron chi connectivity index (χ3n) is 8.69. The number of carbonyl (C=O) groups is 3. The normalized spacial score (nSPS) is 20.3. The summed E-state index contributed by atoms with van der Waals surface area (Å²) in [5.41, 5.74) is 3.28. The molecule has 2 saturated heterocycles. The molecule has 2 N–H and O–H groups in total. The van der Waals surface area contributed by atoms with Gasteiger partial charge in [-0.25, -0.2) is 9.59 Å². The molecule has 0 saturated carbocycles. The second-order valence-electron chi connectivity index (χ2n) is 11.5. The third-order valence-corrected chi connectivity index (χ3v) is 8.69. The molecule has 2 heterocycles. The lowest BCUT2D eigenvalue weighted by atomic mass is 9.74. The van der Waals surface area contributed by atoms with Gasteiger partial charge < -0.3 is 25.1 Å². The number of amides is 3. The van der Waals surface area contributed by atoms with Crippen molar-refractivity contribution in [2.45, 2.75) is 68.8 Å². The van der Waals surface area contributed by atoms with Crippen LogP contribution in [0.1, 0.15) is 48.8 Å². The number of hydroxylamine groups is 2. The van der Waals surface area contributed by atoms with Gasteiger partial charge in [0, 0.05) is 25.7 Å². The number of urea groups is 1. The highest BCUT2D eigenvalue weighted by molar-refractivity contribution is 5.88. The summed E-state index contributed by atoms with van der Waals surface area (Å²) in [6.45, 7) is 1.40. The predicted molar refractivity (Wildman–Crippen MR) is 151 cm³/mol. The second kappa shape index (κ2) is 13.3. The number of nitrogens with zero attached hydrogens (tertiary/aromatic N) is 2. The van der Waals surface area contributed by atoms with Crippen LogP contribution in [0.4, 0.5) is 18.0 Å². The molecule has 2 atom stereocenters. The van der Waals surface area contributed by atoms with E-state index in [0.29, 0.717) is 38.9 Å². The lowest BCUT2D eigenvalue weighted by Crippen LogP contribution is -2.60. The van der Waals surface area contributed by atoms with E-state index in [1.165, 1.54) is 16.0 Å². The SMILES string of the molecule is O=C([C@@H](COCc1ccccc1)N(OC(=O)C(F)(F)F)C(=O)N[C@@H]1CCCNC1)N1CCC2(CCc3ccccc32)CC1. The molecule has 2 aliphatic heterocycles. The van der Waals surface area contributed by atoms with Crippen molar-refractivity contribution in [1.82, 2.24) is 20.6 Å². The predicted octanol–water partition coefficient (Wildman–Crippen LogP) is 3.86. The minimum absolute atomic E-state index is 0.0414. The molecule has 2 aromatic carbocycles. The summed E-state index contributed by atoms with van der Waals surface area (Å²) >= 11 is 0. The Kier molecular flexibility index (Phi) is 9.55. The van der Waals surface area contributed by atoms with E-state index < -0.39 is 42.8 Å². The van der Waals surface area contributed by atoms with Gasteiger partial charge in [-0.3, -0.25) is 4.79 Å². The number of hydrogen-bond acceptors (Lipinski definition) is 6. The minimum Gasteiger partial charge on any atom is -0.374 e. The molecule has 3 amide bonds. The number of ether oxygens (including phenoxy) is 1. The van der Waals surface area contributed by atoms with Gasteiger partial charge in [0.25, 0.3) is 5.91 Å². The van der Waals surface area contributed by atoms with Crippen LogP contribution in [-0.2, 0) is 37.6 Å². The Balaban J connectivity index is 1.36. The topological polar surface area (TPSA) is 100 Å². The van der Waals surface area contributed by atoms with Gasteiger partial charge in [-0.05, 0) is 67.2 Å². The van der Waals surface area contributed by atoms with Crippen LogP contribution in [0.15, 0.2) is 54.6 Å². The first-order valence-corrected chi connectivity index (χ1v) is 14.7. The summed E-state index contributed by atoms with van der Waals surface area (Å²) in [6, 6.07) is 14.1. The number of rotatable bonds is 7. The Morgan fingerprint density at radius 2 is 1.77 bits per heavy atom. The van der Waals surface area contributed by atoms with E-state index in [1.807, 2.05) is 18.2 Å². The molecular formula is C31H37F3N4O5. The van der Waals surface area contributed by atoms with E-state index in [1.54, 1.807) is 24.3 Å². The number of aryl methyl sites for hydroxylation is 1. The number of fused-ring (bicyclic) bond motifs is 2. The lowest BCUT2D eigenvalue weighted by molar-refractivity contribution is -0.236. The molecule has 43 heavy (non-hydrogen) atoms. The van der Waals surface area contributed by atoms with Crippen LogP contribution in [0.2, 0.25) is 0 Å². The van der Waals surface area contributed by atoms with Crippen molar-refractivity contribution >= 4 is 17.9 Å². The summed E-state index contributed by atoms with van der Waals surface area (Å²) in [5, 5.41) is 5.97. The van der Waals surface area contributed by atoms with Crippen molar-refractivity contribution in [3.05, 3.63) is 71.3 Å². The maximum atomic E-state index is 14.0. The Bertz CT molecular complexity index is 1280. The van der Waals surface area contributed by atoms with Crippen LogP contribution in [0.25, 0.3) is 0 Å². The van der Waals surface area contributed by atoms with Gasteiger partial charge in [0.05, 0.1) is 13.2 Å². The highest BCUT2D eigenvalue weighted by atomic mass is 19.4. The van der Waals surface area contributed by atoms with Crippen LogP contribution < -0.4 is 10.6 Å². The second-order valence-corrected chi connectivity index (χ2v) is 11.5. The van der Waals surface area contributed by atoms with Gasteiger partial charge in [0.2, 0.25) is 0 Å². The van der Waals surface area contributed by atoms with E-state index in [0.717, 1.165) is 31.4 Å². The Labute approximate surface area is 248 Å². The maximum absolute atomic E-state index is 14.0. The zero-order valence-corrected chi connectivity index (χ0v) is 23.9. The molecule has 1 spiro atoms. The average molecular weight is 603 g/mol. The molecule has 12 heteroatoms. The molecule has 0 aromatic heterocycles. The summed E-state index contributed by atoms with van der Waals surface area (Å²) in [6.07, 6.45) is -0.780. The standard InChI is InChI=1S/C31H37F3N4O5/c32-31(33,34)28(40)43-38(29(41)36-24-10-6-16-35-19-24)26(21-42-20-22-7-2-1-3-8-22)27(39)37-17-14-30(15-18-37)13-12-23-9-4-5-11-25(23)30/h1-5,7-9,11,24,26,35H,6,10,12-21H2,(H,36,41)/t24-,26-/m1/s1.